The molecule has 1 atom stereocenters. The van der Waals surface area contributed by atoms with Crippen LogP contribution in [0, 0.1) is 0 Å². The van der Waals surface area contributed by atoms with Crippen molar-refractivity contribution in [2.24, 2.45) is 0 Å². The van der Waals surface area contributed by atoms with E-state index in [1.807, 2.05) is 0 Å². The van der Waals surface area contributed by atoms with E-state index in [0.717, 1.165) is 151 Å². The predicted molar refractivity (Wildman–Crippen MR) is 602 cm³/mol. The van der Waals surface area contributed by atoms with Gasteiger partial charge in [-0.15, -0.1) is 0 Å². The number of furan rings is 1. The molecule has 30 rings (SSSR count). The van der Waals surface area contributed by atoms with Crippen molar-refractivity contribution in [3.8, 4) is 134 Å². The molecule has 26 aromatic rings. The molecule has 0 N–H and O–H groups in total. The van der Waals surface area contributed by atoms with Gasteiger partial charge in [-0.25, -0.2) is 0 Å². The van der Waals surface area contributed by atoms with Gasteiger partial charge >= 0.3 is 0 Å². The molecule has 3 aromatic heterocycles. The molecule has 0 fully saturated rings. The molecule has 0 aliphatic heterocycles. The average Bonchev–Trinajstić information content (AvgIpc) is 1.50. The van der Waals surface area contributed by atoms with Crippen LogP contribution in [0.25, 0.3) is 199 Å². The second-order valence-electron chi connectivity index (χ2n) is 39.1. The van der Waals surface area contributed by atoms with Gasteiger partial charge < -0.3 is 23.4 Å². The highest BCUT2D eigenvalue weighted by molar-refractivity contribution is 6.22. The third kappa shape index (κ3) is 12.3. The van der Waals surface area contributed by atoms with E-state index >= 15 is 0 Å². The van der Waals surface area contributed by atoms with Gasteiger partial charge in [-0.2, -0.15) is 0 Å². The van der Waals surface area contributed by atoms with Gasteiger partial charge in [0.05, 0.1) is 38.6 Å². The topological polar surface area (TPSA) is 29.5 Å². The molecular weight excluding hydrogens is 1750 g/mol. The molecule has 23 aromatic carbocycles. The molecule has 0 radical (unpaired) electrons. The Kier molecular flexibility index (Phi) is 18.3. The Morgan fingerprint density at radius 2 is 0.497 bits per heavy atom. The highest BCUT2D eigenvalue weighted by atomic mass is 16.3. The lowest BCUT2D eigenvalue weighted by Gasteiger charge is -2.30. The number of para-hydroxylation sites is 4. The summed E-state index contributed by atoms with van der Waals surface area (Å²) < 4.78 is 12.1. The Morgan fingerprint density at radius 1 is 0.172 bits per heavy atom. The SMILES string of the molecule is c1ccc(-c2ccc(N(c3ccccc3)c3cc(-c4ccccc4)cc(-c4ccc5c(c4)c4c6c(ccc4n5-c4ccc(-c5ccc7c(c5)C5(c8ccccc8-7)c7ccccc7-c7c5ccc5c7c7cc(-c8cc(-c9ccccc9)cc(N(c9ccc(-c%10ccccc%10)cc9)c9cccc%10c9oc9ccccc9%10)c8)ccc7n5-c5ccccc5)cc4)C4(c5ccccc5-c5ccccc54)c4ccccc4-6)c3)cc2)cc1. The number of aromatic nitrogens is 2. The van der Waals surface area contributed by atoms with E-state index in [9.17, 15) is 0 Å². The number of nitrogens with zero attached hydrogens (tertiary/aromatic N) is 4. The predicted octanol–water partition coefficient (Wildman–Crippen LogP) is 37.1. The quantitative estimate of drug-likeness (QED) is 0.102. The summed E-state index contributed by atoms with van der Waals surface area (Å²) in [6.45, 7) is 0. The van der Waals surface area contributed by atoms with E-state index in [0.29, 0.717) is 0 Å². The number of anilines is 6. The zero-order valence-electron chi connectivity index (χ0n) is 79.0. The zero-order valence-corrected chi connectivity index (χ0v) is 79.0. The molecule has 674 valence electrons. The first-order chi connectivity index (χ1) is 71.9. The van der Waals surface area contributed by atoms with E-state index < -0.39 is 10.8 Å². The Morgan fingerprint density at radius 3 is 0.986 bits per heavy atom. The number of benzene rings is 23. The van der Waals surface area contributed by atoms with Crippen molar-refractivity contribution < 1.29 is 4.42 Å². The van der Waals surface area contributed by atoms with E-state index in [2.05, 4.69) is 553 Å². The van der Waals surface area contributed by atoms with Crippen LogP contribution in [0.4, 0.5) is 34.1 Å². The standard InChI is InChI=1S/C140H88N4O/c1-7-32-89(33-8-1)93-58-67-105(68-59-93)141(103-40-15-5-16-41-103)108-82-99(91-36-11-3-12-37-91)80-101(84-108)96-66-77-129-119(86-96)137-131(78-74-125-134(137)116-48-22-28-54-123(116)139(125)120-51-25-19-44-110(120)111-45-20-26-52-121(111)139)144(129)107-71-62-95(63-72-107)98-64-73-113-112-46-21-27-53-122(112)140(127(113)88-98)124-55-29-23-49-117(124)135-126(140)75-79-130-136(135)118-87-97(65-76-128(118)143(130)104-42-17-6-18-43-104)102-81-100(92-38-13-4-14-39-92)83-109(85-102)142(106-69-60-94(61-70-106)90-34-9-2-10-35-90)132-56-31-50-115-114-47-24-30-57-133(114)145-138(115)132/h1-88H. The van der Waals surface area contributed by atoms with Gasteiger partial charge in [0.2, 0.25) is 0 Å². The fraction of sp³-hybridized carbons (Fsp3) is 0.0143. The Hall–Kier alpha value is -18.9. The van der Waals surface area contributed by atoms with Crippen LogP contribution >= 0.6 is 0 Å². The second-order valence-corrected chi connectivity index (χ2v) is 39.1. The van der Waals surface area contributed by atoms with Crippen LogP contribution in [0.2, 0.25) is 0 Å². The number of hydrogen-bond donors (Lipinski definition) is 0. The molecule has 5 nitrogen and oxygen atoms in total. The molecule has 145 heavy (non-hydrogen) atoms. The zero-order chi connectivity index (χ0) is 95.1. The summed E-state index contributed by atoms with van der Waals surface area (Å²) in [4.78, 5) is 4.82. The maximum atomic E-state index is 7.00. The van der Waals surface area contributed by atoms with E-state index in [1.165, 1.54) is 127 Å². The van der Waals surface area contributed by atoms with E-state index in [1.54, 1.807) is 0 Å². The third-order valence-electron chi connectivity index (χ3n) is 31.7. The van der Waals surface area contributed by atoms with Gasteiger partial charge in [0.25, 0.3) is 0 Å². The highest BCUT2D eigenvalue weighted by Gasteiger charge is 2.54. The molecule has 0 amide bonds. The largest absolute Gasteiger partial charge is 0.454 e. The van der Waals surface area contributed by atoms with Crippen molar-refractivity contribution in [3.05, 3.63) is 578 Å². The van der Waals surface area contributed by atoms with Crippen molar-refractivity contribution in [2.45, 2.75) is 10.8 Å². The molecule has 0 saturated heterocycles. The fourth-order valence-corrected chi connectivity index (χ4v) is 25.5. The lowest BCUT2D eigenvalue weighted by atomic mass is 9.70. The molecule has 3 heterocycles. The number of fused-ring (bicyclic) bond motifs is 31. The van der Waals surface area contributed by atoms with Crippen molar-refractivity contribution >= 4 is 99.7 Å². The van der Waals surface area contributed by atoms with Gasteiger partial charge in [0, 0.05) is 72.1 Å². The lowest BCUT2D eigenvalue weighted by Crippen LogP contribution is -2.25. The first kappa shape index (κ1) is 82.0. The smallest absolute Gasteiger partial charge is 0.159 e. The van der Waals surface area contributed by atoms with Gasteiger partial charge in [0.15, 0.2) is 5.58 Å². The summed E-state index contributed by atoms with van der Waals surface area (Å²) in [5, 5.41) is 6.97. The van der Waals surface area contributed by atoms with Crippen LogP contribution < -0.4 is 9.80 Å². The Bertz CT molecular complexity index is 9740. The van der Waals surface area contributed by atoms with Gasteiger partial charge in [-0.3, -0.25) is 0 Å². The molecule has 0 saturated carbocycles. The maximum absolute atomic E-state index is 7.00. The molecule has 0 bridgehead atoms. The van der Waals surface area contributed by atoms with Gasteiger partial charge in [-0.05, 0) is 319 Å². The number of hydrogen-bond acceptors (Lipinski definition) is 3. The van der Waals surface area contributed by atoms with Crippen molar-refractivity contribution in [1.29, 1.82) is 0 Å². The normalized spacial score (nSPS) is 13.6. The van der Waals surface area contributed by atoms with Crippen molar-refractivity contribution in [3.63, 3.8) is 0 Å². The molecule has 5 heteroatoms. The third-order valence-corrected chi connectivity index (χ3v) is 31.7. The molecule has 4 aliphatic carbocycles. The summed E-state index contributed by atoms with van der Waals surface area (Å²) in [6.07, 6.45) is 0. The summed E-state index contributed by atoms with van der Waals surface area (Å²) in [5.41, 5.74) is 49.7. The van der Waals surface area contributed by atoms with Crippen LogP contribution in [0.15, 0.2) is 538 Å². The first-order valence-electron chi connectivity index (χ1n) is 50.2. The van der Waals surface area contributed by atoms with Crippen LogP contribution in [0.5, 0.6) is 0 Å². The summed E-state index contributed by atoms with van der Waals surface area (Å²) in [7, 11) is 0. The minimum atomic E-state index is -0.701. The fourth-order valence-electron chi connectivity index (χ4n) is 25.5. The molecular formula is C140H88N4O. The lowest BCUT2D eigenvalue weighted by molar-refractivity contribution is 0.669. The van der Waals surface area contributed by atoms with E-state index in [-0.39, 0.29) is 0 Å². The van der Waals surface area contributed by atoms with Gasteiger partial charge in [0.1, 0.15) is 5.58 Å². The van der Waals surface area contributed by atoms with Crippen LogP contribution in [-0.2, 0) is 10.8 Å². The van der Waals surface area contributed by atoms with Crippen LogP contribution in [0.3, 0.4) is 0 Å². The number of rotatable bonds is 15. The molecule has 1 unspecified atom stereocenters. The van der Waals surface area contributed by atoms with E-state index in [4.69, 9.17) is 4.42 Å². The van der Waals surface area contributed by atoms with Crippen molar-refractivity contribution in [1.82, 2.24) is 9.13 Å². The van der Waals surface area contributed by atoms with Crippen LogP contribution in [-0.4, -0.2) is 9.13 Å². The molecule has 2 spiro atoms. The van der Waals surface area contributed by atoms with Crippen molar-refractivity contribution in [2.75, 3.05) is 9.80 Å². The maximum Gasteiger partial charge on any atom is 0.159 e. The highest BCUT2D eigenvalue weighted by Crippen LogP contribution is 2.68. The summed E-state index contributed by atoms with van der Waals surface area (Å²) >= 11 is 0. The van der Waals surface area contributed by atoms with Crippen LogP contribution in [0.1, 0.15) is 44.5 Å². The Balaban J connectivity index is 0.588. The summed E-state index contributed by atoms with van der Waals surface area (Å²) in [5.74, 6) is 0. The minimum absolute atomic E-state index is 0.556. The Labute approximate surface area is 839 Å². The first-order valence-corrected chi connectivity index (χ1v) is 50.2. The minimum Gasteiger partial charge on any atom is -0.454 e. The average molecular weight is 1840 g/mol. The van der Waals surface area contributed by atoms with Gasteiger partial charge in [-0.1, -0.05) is 382 Å². The molecule has 4 aliphatic rings. The summed E-state index contributed by atoms with van der Waals surface area (Å²) in [6, 6.07) is 200. The monoisotopic (exact) mass is 1840 g/mol. The second kappa shape index (κ2) is 32.3.